The van der Waals surface area contributed by atoms with E-state index in [9.17, 15) is 0 Å². The van der Waals surface area contributed by atoms with Crippen molar-refractivity contribution in [1.29, 1.82) is 0 Å². The molecule has 6 heteroatoms. The van der Waals surface area contributed by atoms with E-state index < -0.39 is 5.60 Å². The zero-order chi connectivity index (χ0) is 14.0. The van der Waals surface area contributed by atoms with Gasteiger partial charge in [-0.1, -0.05) is 37.0 Å². The van der Waals surface area contributed by atoms with Crippen LogP contribution in [0, 0.1) is 0 Å². The van der Waals surface area contributed by atoms with Crippen molar-refractivity contribution in [3.63, 3.8) is 0 Å². The van der Waals surface area contributed by atoms with Crippen LogP contribution in [0.3, 0.4) is 0 Å². The van der Waals surface area contributed by atoms with Gasteiger partial charge >= 0.3 is 0 Å². The summed E-state index contributed by atoms with van der Waals surface area (Å²) in [6, 6.07) is 0. The van der Waals surface area contributed by atoms with Gasteiger partial charge in [0.1, 0.15) is 15.9 Å². The van der Waals surface area contributed by atoms with Gasteiger partial charge < -0.3 is 9.47 Å². The molecule has 1 fully saturated rings. The first-order chi connectivity index (χ1) is 9.00. The van der Waals surface area contributed by atoms with Crippen molar-refractivity contribution in [2.75, 3.05) is 20.3 Å². The van der Waals surface area contributed by atoms with Crippen LogP contribution in [0.15, 0.2) is 0 Å². The molecule has 2 rings (SSSR count). The van der Waals surface area contributed by atoms with Crippen LogP contribution in [-0.4, -0.2) is 30.3 Å². The van der Waals surface area contributed by atoms with E-state index in [0.717, 1.165) is 5.56 Å². The summed E-state index contributed by atoms with van der Waals surface area (Å²) >= 11 is 12.5. The van der Waals surface area contributed by atoms with Gasteiger partial charge in [0.25, 0.3) is 0 Å². The van der Waals surface area contributed by atoms with Gasteiger partial charge in [-0.3, -0.25) is 0 Å². The average molecular weight is 305 g/mol. The van der Waals surface area contributed by atoms with Crippen LogP contribution in [0.4, 0.5) is 0 Å². The maximum Gasteiger partial charge on any atom is 0.163 e. The summed E-state index contributed by atoms with van der Waals surface area (Å²) in [6.45, 7) is 5.27. The Morgan fingerprint density at radius 1 is 1.16 bits per heavy atom. The summed E-state index contributed by atoms with van der Waals surface area (Å²) in [5.74, 6) is 0.736. The van der Waals surface area contributed by atoms with E-state index in [-0.39, 0.29) is 5.92 Å². The zero-order valence-corrected chi connectivity index (χ0v) is 12.9. The van der Waals surface area contributed by atoms with Crippen molar-refractivity contribution in [3.8, 4) is 0 Å². The highest BCUT2D eigenvalue weighted by Crippen LogP contribution is 2.37. The first kappa shape index (κ1) is 15.0. The minimum atomic E-state index is -0.541. The first-order valence-corrected chi connectivity index (χ1v) is 7.12. The second kappa shape index (κ2) is 5.92. The smallest absolute Gasteiger partial charge is 0.163 e. The van der Waals surface area contributed by atoms with Crippen LogP contribution in [0.5, 0.6) is 0 Å². The SMILES string of the molecule is COC1(c2nc(Cl)c(C(C)C)c(Cl)n2)CCOCC1. The maximum atomic E-state index is 6.25. The molecule has 4 nitrogen and oxygen atoms in total. The topological polar surface area (TPSA) is 44.2 Å². The summed E-state index contributed by atoms with van der Waals surface area (Å²) in [6.07, 6.45) is 1.41. The molecule has 1 aliphatic rings. The van der Waals surface area contributed by atoms with E-state index in [0.29, 0.717) is 42.2 Å². The number of hydrogen-bond acceptors (Lipinski definition) is 4. The Hall–Kier alpha value is -0.420. The molecular weight excluding hydrogens is 287 g/mol. The maximum absolute atomic E-state index is 6.25. The van der Waals surface area contributed by atoms with Gasteiger partial charge in [0.15, 0.2) is 5.82 Å². The van der Waals surface area contributed by atoms with Crippen LogP contribution < -0.4 is 0 Å². The quantitative estimate of drug-likeness (QED) is 0.801. The van der Waals surface area contributed by atoms with Crippen molar-refractivity contribution in [1.82, 2.24) is 9.97 Å². The molecule has 1 aliphatic heterocycles. The standard InChI is InChI=1S/C13H18Cl2N2O2/c1-8(2)9-10(14)16-12(17-11(9)15)13(18-3)4-6-19-7-5-13/h8H,4-7H2,1-3H3. The highest BCUT2D eigenvalue weighted by Gasteiger charge is 2.38. The molecule has 0 radical (unpaired) electrons. The second-order valence-corrected chi connectivity index (χ2v) is 5.72. The van der Waals surface area contributed by atoms with Gasteiger partial charge in [-0.05, 0) is 5.92 Å². The minimum absolute atomic E-state index is 0.183. The van der Waals surface area contributed by atoms with Crippen molar-refractivity contribution in [3.05, 3.63) is 21.7 Å². The lowest BCUT2D eigenvalue weighted by atomic mass is 9.93. The van der Waals surface area contributed by atoms with E-state index in [4.69, 9.17) is 32.7 Å². The monoisotopic (exact) mass is 304 g/mol. The number of ether oxygens (including phenoxy) is 2. The van der Waals surface area contributed by atoms with Crippen molar-refractivity contribution in [2.24, 2.45) is 0 Å². The Bertz CT molecular complexity index is 437. The molecule has 0 atom stereocenters. The number of aromatic nitrogens is 2. The molecule has 0 spiro atoms. The third-order valence-electron chi connectivity index (χ3n) is 3.53. The van der Waals surface area contributed by atoms with Gasteiger partial charge in [0.2, 0.25) is 0 Å². The van der Waals surface area contributed by atoms with Crippen molar-refractivity contribution >= 4 is 23.2 Å². The normalized spacial score (nSPS) is 18.8. The number of nitrogens with zero attached hydrogens (tertiary/aromatic N) is 2. The molecule has 19 heavy (non-hydrogen) atoms. The Kier molecular flexibility index (Phi) is 4.66. The highest BCUT2D eigenvalue weighted by molar-refractivity contribution is 6.34. The third-order valence-corrected chi connectivity index (χ3v) is 4.10. The summed E-state index contributed by atoms with van der Waals surface area (Å²) in [5, 5.41) is 0.820. The Morgan fingerprint density at radius 3 is 2.11 bits per heavy atom. The molecule has 0 saturated carbocycles. The number of hydrogen-bond donors (Lipinski definition) is 0. The lowest BCUT2D eigenvalue weighted by Crippen LogP contribution is -2.37. The highest BCUT2D eigenvalue weighted by atomic mass is 35.5. The van der Waals surface area contributed by atoms with E-state index in [2.05, 4.69) is 9.97 Å². The summed E-state index contributed by atoms with van der Waals surface area (Å²) in [7, 11) is 1.66. The van der Waals surface area contributed by atoms with Gasteiger partial charge in [-0.15, -0.1) is 0 Å². The van der Waals surface area contributed by atoms with E-state index in [1.165, 1.54) is 0 Å². The molecule has 1 aromatic rings. The Labute approximate surface area is 123 Å². The van der Waals surface area contributed by atoms with Crippen LogP contribution in [0.25, 0.3) is 0 Å². The Morgan fingerprint density at radius 2 is 1.68 bits per heavy atom. The summed E-state index contributed by atoms with van der Waals surface area (Å²) in [4.78, 5) is 8.82. The molecule has 2 heterocycles. The molecule has 1 aromatic heterocycles. The van der Waals surface area contributed by atoms with Crippen LogP contribution in [0.1, 0.15) is 44.0 Å². The number of methoxy groups -OCH3 is 1. The molecule has 1 saturated heterocycles. The zero-order valence-electron chi connectivity index (χ0n) is 11.4. The molecule has 0 N–H and O–H groups in total. The fourth-order valence-electron chi connectivity index (χ4n) is 2.32. The van der Waals surface area contributed by atoms with Crippen molar-refractivity contribution < 1.29 is 9.47 Å². The average Bonchev–Trinajstić information content (AvgIpc) is 2.38. The molecule has 0 amide bonds. The molecule has 106 valence electrons. The number of rotatable bonds is 3. The molecular formula is C13H18Cl2N2O2. The van der Waals surface area contributed by atoms with Gasteiger partial charge in [0, 0.05) is 38.7 Å². The second-order valence-electron chi connectivity index (χ2n) is 5.01. The minimum Gasteiger partial charge on any atom is -0.381 e. The molecule has 0 aromatic carbocycles. The summed E-state index contributed by atoms with van der Waals surface area (Å²) in [5.41, 5.74) is 0.242. The fourth-order valence-corrected chi connectivity index (χ4v) is 3.14. The van der Waals surface area contributed by atoms with E-state index in [1.54, 1.807) is 7.11 Å². The molecule has 0 aliphatic carbocycles. The Balaban J connectivity index is 2.45. The molecule has 0 bridgehead atoms. The number of halogens is 2. The van der Waals surface area contributed by atoms with Gasteiger partial charge in [0.05, 0.1) is 0 Å². The van der Waals surface area contributed by atoms with Crippen molar-refractivity contribution in [2.45, 2.75) is 38.2 Å². The van der Waals surface area contributed by atoms with E-state index in [1.807, 2.05) is 13.8 Å². The lowest BCUT2D eigenvalue weighted by Gasteiger charge is -2.34. The lowest BCUT2D eigenvalue weighted by molar-refractivity contribution is -0.1000. The first-order valence-electron chi connectivity index (χ1n) is 6.36. The fraction of sp³-hybridized carbons (Fsp3) is 0.692. The van der Waals surface area contributed by atoms with E-state index >= 15 is 0 Å². The predicted octanol–water partition coefficient (Wildman–Crippen LogP) is 3.56. The summed E-state index contributed by atoms with van der Waals surface area (Å²) < 4.78 is 11.0. The van der Waals surface area contributed by atoms with Gasteiger partial charge in [-0.25, -0.2) is 9.97 Å². The predicted molar refractivity (Wildman–Crippen MR) is 74.9 cm³/mol. The van der Waals surface area contributed by atoms with Crippen LogP contribution in [0.2, 0.25) is 10.3 Å². The van der Waals surface area contributed by atoms with Gasteiger partial charge in [-0.2, -0.15) is 0 Å². The third kappa shape index (κ3) is 2.87. The van der Waals surface area contributed by atoms with Crippen LogP contribution >= 0.6 is 23.2 Å². The largest absolute Gasteiger partial charge is 0.381 e. The van der Waals surface area contributed by atoms with Crippen LogP contribution in [-0.2, 0) is 15.1 Å². The molecule has 0 unspecified atom stereocenters.